The first-order chi connectivity index (χ1) is 9.29. The van der Waals surface area contributed by atoms with Crippen LogP contribution < -0.4 is 10.2 Å². The zero-order chi connectivity index (χ0) is 14.9. The summed E-state index contributed by atoms with van der Waals surface area (Å²) < 4.78 is 44.1. The van der Waals surface area contributed by atoms with Crippen molar-refractivity contribution in [2.45, 2.75) is 32.2 Å². The third kappa shape index (κ3) is 3.30. The average Bonchev–Trinajstić information content (AvgIpc) is 2.36. The Bertz CT molecular complexity index is 470. The van der Waals surface area contributed by atoms with Crippen LogP contribution in [0.3, 0.4) is 0 Å². The van der Waals surface area contributed by atoms with Crippen LogP contribution in [0.5, 0.6) is 0 Å². The third-order valence-electron chi connectivity index (χ3n) is 2.97. The Morgan fingerprint density at radius 1 is 1.25 bits per heavy atom. The van der Waals surface area contributed by atoms with Gasteiger partial charge in [0.1, 0.15) is 5.82 Å². The highest BCUT2D eigenvalue weighted by molar-refractivity contribution is 5.46. The minimum atomic E-state index is -4.49. The maximum absolute atomic E-state index is 12.8. The first-order valence-electron chi connectivity index (χ1n) is 6.34. The van der Waals surface area contributed by atoms with E-state index in [0.29, 0.717) is 13.1 Å². The fourth-order valence-electron chi connectivity index (χ4n) is 2.22. The lowest BCUT2D eigenvalue weighted by atomic mass is 10.2. The number of halogens is 3. The van der Waals surface area contributed by atoms with Gasteiger partial charge in [0, 0.05) is 26.2 Å². The molecular formula is C12H17F3N4O. The van der Waals surface area contributed by atoms with Gasteiger partial charge in [-0.1, -0.05) is 0 Å². The van der Waals surface area contributed by atoms with Crippen molar-refractivity contribution < 1.29 is 17.9 Å². The molecule has 1 aromatic rings. The molecule has 1 saturated heterocycles. The quantitative estimate of drug-likeness (QED) is 0.904. The molecule has 2 rings (SSSR count). The van der Waals surface area contributed by atoms with Crippen LogP contribution in [0.4, 0.5) is 24.9 Å². The first kappa shape index (κ1) is 14.8. The van der Waals surface area contributed by atoms with Gasteiger partial charge in [-0.15, -0.1) is 0 Å². The molecule has 0 amide bonds. The van der Waals surface area contributed by atoms with Crippen molar-refractivity contribution in [2.24, 2.45) is 0 Å². The normalized spacial score (nSPS) is 23.8. The van der Waals surface area contributed by atoms with Gasteiger partial charge in [-0.25, -0.2) is 4.98 Å². The summed E-state index contributed by atoms with van der Waals surface area (Å²) in [6.45, 7) is 4.77. The molecule has 20 heavy (non-hydrogen) atoms. The second-order valence-corrected chi connectivity index (χ2v) is 4.85. The number of alkyl halides is 3. The Morgan fingerprint density at radius 2 is 1.85 bits per heavy atom. The fraction of sp³-hybridized carbons (Fsp3) is 0.667. The highest BCUT2D eigenvalue weighted by Crippen LogP contribution is 2.31. The molecule has 0 bridgehead atoms. The highest BCUT2D eigenvalue weighted by atomic mass is 19.4. The van der Waals surface area contributed by atoms with Gasteiger partial charge in [0.25, 0.3) is 0 Å². The Labute approximate surface area is 115 Å². The number of rotatable bonds is 2. The van der Waals surface area contributed by atoms with Crippen molar-refractivity contribution in [3.8, 4) is 0 Å². The van der Waals surface area contributed by atoms with E-state index in [1.807, 2.05) is 13.8 Å². The monoisotopic (exact) mass is 290 g/mol. The second-order valence-electron chi connectivity index (χ2n) is 4.85. The van der Waals surface area contributed by atoms with E-state index in [2.05, 4.69) is 15.3 Å². The molecule has 0 saturated carbocycles. The van der Waals surface area contributed by atoms with Gasteiger partial charge in [-0.05, 0) is 13.8 Å². The summed E-state index contributed by atoms with van der Waals surface area (Å²) in [5.41, 5.74) is -0.946. The van der Waals surface area contributed by atoms with Gasteiger partial charge in [0.15, 0.2) is 5.69 Å². The highest BCUT2D eigenvalue weighted by Gasteiger charge is 2.35. The van der Waals surface area contributed by atoms with Crippen molar-refractivity contribution in [3.63, 3.8) is 0 Å². The molecule has 2 atom stereocenters. The Morgan fingerprint density at radius 3 is 2.35 bits per heavy atom. The predicted octanol–water partition coefficient (Wildman–Crippen LogP) is 2.15. The van der Waals surface area contributed by atoms with Crippen LogP contribution in [0.15, 0.2) is 6.07 Å². The molecule has 112 valence electrons. The van der Waals surface area contributed by atoms with Gasteiger partial charge in [-0.3, -0.25) is 0 Å². The molecule has 1 fully saturated rings. The van der Waals surface area contributed by atoms with Gasteiger partial charge in [0.2, 0.25) is 5.95 Å². The summed E-state index contributed by atoms with van der Waals surface area (Å²) in [4.78, 5) is 9.35. The molecule has 8 heteroatoms. The van der Waals surface area contributed by atoms with Crippen molar-refractivity contribution in [1.82, 2.24) is 9.97 Å². The van der Waals surface area contributed by atoms with Crippen molar-refractivity contribution in [1.29, 1.82) is 0 Å². The van der Waals surface area contributed by atoms with E-state index in [-0.39, 0.29) is 24.0 Å². The summed E-state index contributed by atoms with van der Waals surface area (Å²) >= 11 is 0. The smallest absolute Gasteiger partial charge is 0.372 e. The van der Waals surface area contributed by atoms with E-state index in [9.17, 15) is 13.2 Å². The molecule has 0 aliphatic carbocycles. The number of hydrogen-bond acceptors (Lipinski definition) is 5. The number of aromatic nitrogens is 2. The SMILES string of the molecule is CNc1nc(N2CC(C)OC(C)C2)cc(C(F)(F)F)n1. The molecular weight excluding hydrogens is 273 g/mol. The molecule has 5 nitrogen and oxygen atoms in total. The number of hydrogen-bond donors (Lipinski definition) is 1. The summed E-state index contributed by atoms with van der Waals surface area (Å²) in [5.74, 6) is 0.222. The van der Waals surface area contributed by atoms with Crippen molar-refractivity contribution in [2.75, 3.05) is 30.4 Å². The van der Waals surface area contributed by atoms with E-state index in [1.165, 1.54) is 7.05 Å². The predicted molar refractivity (Wildman–Crippen MR) is 68.8 cm³/mol. The van der Waals surface area contributed by atoms with Gasteiger partial charge < -0.3 is 15.0 Å². The van der Waals surface area contributed by atoms with Crippen LogP contribution in [0.2, 0.25) is 0 Å². The number of morpholine rings is 1. The zero-order valence-electron chi connectivity index (χ0n) is 11.5. The summed E-state index contributed by atoms with van der Waals surface area (Å²) in [5, 5.41) is 2.56. The van der Waals surface area contributed by atoms with Crippen LogP contribution in [-0.2, 0) is 10.9 Å². The molecule has 0 aromatic carbocycles. The maximum Gasteiger partial charge on any atom is 0.433 e. The first-order valence-corrected chi connectivity index (χ1v) is 6.34. The molecule has 1 aliphatic rings. The van der Waals surface area contributed by atoms with Crippen molar-refractivity contribution in [3.05, 3.63) is 11.8 Å². The molecule has 1 N–H and O–H groups in total. The van der Waals surface area contributed by atoms with Crippen LogP contribution in [0.1, 0.15) is 19.5 Å². The Hall–Kier alpha value is -1.57. The van der Waals surface area contributed by atoms with E-state index in [4.69, 9.17) is 4.74 Å². The summed E-state index contributed by atoms with van der Waals surface area (Å²) in [6.07, 6.45) is -4.60. The lowest BCUT2D eigenvalue weighted by molar-refractivity contribution is -0.141. The fourth-order valence-corrected chi connectivity index (χ4v) is 2.22. The van der Waals surface area contributed by atoms with Gasteiger partial charge in [-0.2, -0.15) is 18.2 Å². The van der Waals surface area contributed by atoms with Crippen LogP contribution in [0.25, 0.3) is 0 Å². The molecule has 2 unspecified atom stereocenters. The topological polar surface area (TPSA) is 50.3 Å². The standard InChI is InChI=1S/C12H17F3N4O/c1-7-5-19(6-8(2)20-7)10-4-9(12(13,14)15)17-11(16-3)18-10/h4,7-8H,5-6H2,1-3H3,(H,16,17,18). The minimum Gasteiger partial charge on any atom is -0.372 e. The van der Waals surface area contributed by atoms with E-state index >= 15 is 0 Å². The maximum atomic E-state index is 12.8. The van der Waals surface area contributed by atoms with Gasteiger partial charge in [0.05, 0.1) is 12.2 Å². The average molecular weight is 290 g/mol. The van der Waals surface area contributed by atoms with Gasteiger partial charge >= 0.3 is 6.18 Å². The lowest BCUT2D eigenvalue weighted by Crippen LogP contribution is -2.46. The molecule has 1 aromatic heterocycles. The van der Waals surface area contributed by atoms with Crippen LogP contribution >= 0.6 is 0 Å². The minimum absolute atomic E-state index is 0.0402. The molecule has 0 radical (unpaired) electrons. The molecule has 0 spiro atoms. The van der Waals surface area contributed by atoms with E-state index < -0.39 is 11.9 Å². The number of ether oxygens (including phenoxy) is 1. The summed E-state index contributed by atoms with van der Waals surface area (Å²) in [6, 6.07) is 0.978. The zero-order valence-corrected chi connectivity index (χ0v) is 11.5. The lowest BCUT2D eigenvalue weighted by Gasteiger charge is -2.36. The molecule has 1 aliphatic heterocycles. The summed E-state index contributed by atoms with van der Waals surface area (Å²) in [7, 11) is 1.49. The third-order valence-corrected chi connectivity index (χ3v) is 2.97. The largest absolute Gasteiger partial charge is 0.433 e. The number of nitrogens with one attached hydrogen (secondary N) is 1. The van der Waals surface area contributed by atoms with Crippen LogP contribution in [0, 0.1) is 0 Å². The van der Waals surface area contributed by atoms with E-state index in [0.717, 1.165) is 6.07 Å². The van der Waals surface area contributed by atoms with E-state index in [1.54, 1.807) is 4.90 Å². The van der Waals surface area contributed by atoms with Crippen LogP contribution in [-0.4, -0.2) is 42.3 Å². The molecule has 2 heterocycles. The number of anilines is 2. The van der Waals surface area contributed by atoms with Crippen molar-refractivity contribution >= 4 is 11.8 Å². The Balaban J connectivity index is 2.35. The Kier molecular flexibility index (Phi) is 4.03. The second kappa shape index (κ2) is 5.43. The number of nitrogens with zero attached hydrogens (tertiary/aromatic N) is 3.